The SMILES string of the molecule is CC(C)(C)c1ccc(N2c3ccc(C(C)(C)C)cc3B3c4ccc(C(C)(C)C)cc4N(c4ccc(C(C)(C)C)cc4-c4ccccc4)c4cc(N5c6ccc(C(C)(C)C)cc6C6(C)CCCCCCC56C)cc2c43)cc1. The zero-order chi connectivity index (χ0) is 54.3. The van der Waals surface area contributed by atoms with Crippen LogP contribution in [-0.4, -0.2) is 12.3 Å². The highest BCUT2D eigenvalue weighted by atomic mass is 15.3. The van der Waals surface area contributed by atoms with Crippen molar-refractivity contribution in [2.24, 2.45) is 0 Å². The third kappa shape index (κ3) is 8.46. The number of anilines is 8. The maximum atomic E-state index is 2.87. The number of fused-ring (bicyclic) bond motifs is 7. The van der Waals surface area contributed by atoms with E-state index in [1.807, 2.05) is 0 Å². The standard InChI is InChI=1S/C72H86BN3/c1-66(2,3)48-27-33-53(34-28-48)74-61-38-32-51(69(10,11)12)43-58(61)73-57-35-29-52(70(13,14)15)44-62(57)75(59-36-30-49(67(4,5)6)41-55(59)47-25-21-20-22-26-47)64-46-54(45-63(74)65(64)73)76-60-37-31-50(68(7,8)9)42-56(60)71(16)39-23-18-19-24-40-72(71,76)17/h20-22,25-38,41-46H,18-19,23-24,39-40H2,1-17H3. The van der Waals surface area contributed by atoms with Crippen LogP contribution in [0.1, 0.15) is 190 Å². The van der Waals surface area contributed by atoms with Gasteiger partial charge in [-0.25, -0.2) is 0 Å². The smallest absolute Gasteiger partial charge is 0.252 e. The third-order valence-corrected chi connectivity index (χ3v) is 18.7. The van der Waals surface area contributed by atoms with Gasteiger partial charge >= 0.3 is 0 Å². The first kappa shape index (κ1) is 52.1. The van der Waals surface area contributed by atoms with Crippen LogP contribution in [-0.2, 0) is 32.5 Å². The monoisotopic (exact) mass is 1000 g/mol. The number of hydrogen-bond acceptors (Lipinski definition) is 3. The molecule has 2 unspecified atom stereocenters. The van der Waals surface area contributed by atoms with E-state index in [9.17, 15) is 0 Å². The van der Waals surface area contributed by atoms with Crippen LogP contribution in [0.2, 0.25) is 0 Å². The van der Waals surface area contributed by atoms with Gasteiger partial charge in [-0.3, -0.25) is 0 Å². The van der Waals surface area contributed by atoms with Crippen LogP contribution in [0, 0.1) is 0 Å². The minimum atomic E-state index is -0.180. The summed E-state index contributed by atoms with van der Waals surface area (Å²) in [5, 5.41) is 0. The van der Waals surface area contributed by atoms with E-state index in [0.717, 1.165) is 6.42 Å². The first-order valence-electron chi connectivity index (χ1n) is 28.9. The molecule has 7 aromatic rings. The van der Waals surface area contributed by atoms with E-state index in [1.54, 1.807) is 0 Å². The topological polar surface area (TPSA) is 9.72 Å². The van der Waals surface area contributed by atoms with Crippen molar-refractivity contribution < 1.29 is 0 Å². The van der Waals surface area contributed by atoms with Crippen LogP contribution >= 0.6 is 0 Å². The Hall–Kier alpha value is -6.00. The van der Waals surface area contributed by atoms with E-state index >= 15 is 0 Å². The molecule has 11 rings (SSSR count). The van der Waals surface area contributed by atoms with Gasteiger partial charge in [0, 0.05) is 50.8 Å². The average molecular weight is 1000 g/mol. The van der Waals surface area contributed by atoms with Crippen LogP contribution in [0.4, 0.5) is 45.5 Å². The second kappa shape index (κ2) is 17.8. The molecule has 0 amide bonds. The summed E-state index contributed by atoms with van der Waals surface area (Å²) in [5.41, 5.74) is 24.6. The molecule has 1 fully saturated rings. The molecule has 4 aliphatic rings. The van der Waals surface area contributed by atoms with Gasteiger partial charge in [-0.15, -0.1) is 0 Å². The van der Waals surface area contributed by atoms with Gasteiger partial charge in [-0.05, 0) is 157 Å². The fraction of sp³-hybridized carbons (Fsp3) is 0.417. The minimum absolute atomic E-state index is 0.0156. The lowest BCUT2D eigenvalue weighted by molar-refractivity contribution is 0.217. The lowest BCUT2D eigenvalue weighted by Crippen LogP contribution is -2.61. The summed E-state index contributed by atoms with van der Waals surface area (Å²) in [6, 6.07) is 55.9. The highest BCUT2D eigenvalue weighted by molar-refractivity contribution is 7.00. The molecule has 2 atom stereocenters. The van der Waals surface area contributed by atoms with Crippen LogP contribution in [0.3, 0.4) is 0 Å². The molecule has 0 bridgehead atoms. The van der Waals surface area contributed by atoms with E-state index in [0.29, 0.717) is 0 Å². The van der Waals surface area contributed by atoms with Gasteiger partial charge in [-0.1, -0.05) is 221 Å². The molecule has 1 aliphatic carbocycles. The van der Waals surface area contributed by atoms with E-state index in [-0.39, 0.29) is 44.7 Å². The van der Waals surface area contributed by atoms with Crippen LogP contribution in [0.25, 0.3) is 11.1 Å². The molecule has 1 saturated carbocycles. The van der Waals surface area contributed by atoms with E-state index < -0.39 is 0 Å². The summed E-state index contributed by atoms with van der Waals surface area (Å²) < 4.78 is 0. The fourth-order valence-electron chi connectivity index (χ4n) is 13.7. The van der Waals surface area contributed by atoms with Crippen molar-refractivity contribution in [2.45, 2.75) is 194 Å². The molecule has 0 N–H and O–H groups in total. The van der Waals surface area contributed by atoms with Gasteiger partial charge in [0.1, 0.15) is 0 Å². The largest absolute Gasteiger partial charge is 0.334 e. The molecule has 392 valence electrons. The van der Waals surface area contributed by atoms with Crippen molar-refractivity contribution in [2.75, 3.05) is 14.7 Å². The van der Waals surface area contributed by atoms with Crippen molar-refractivity contribution in [3.63, 3.8) is 0 Å². The van der Waals surface area contributed by atoms with Crippen molar-refractivity contribution in [3.8, 4) is 11.1 Å². The third-order valence-electron chi connectivity index (χ3n) is 18.7. The first-order valence-corrected chi connectivity index (χ1v) is 28.9. The lowest BCUT2D eigenvalue weighted by atomic mass is 9.33. The van der Waals surface area contributed by atoms with Crippen LogP contribution in [0.5, 0.6) is 0 Å². The molecule has 3 heterocycles. The number of benzene rings is 7. The lowest BCUT2D eigenvalue weighted by Gasteiger charge is -2.50. The molecule has 4 heteroatoms. The Bertz CT molecular complexity index is 3380. The normalized spacial score (nSPS) is 19.6. The second-order valence-corrected chi connectivity index (χ2v) is 29.0. The zero-order valence-corrected chi connectivity index (χ0v) is 49.4. The maximum Gasteiger partial charge on any atom is 0.252 e. The van der Waals surface area contributed by atoms with Crippen molar-refractivity contribution in [3.05, 3.63) is 173 Å². The quantitative estimate of drug-likeness (QED) is 0.163. The highest BCUT2D eigenvalue weighted by Gasteiger charge is 2.57. The molecular formula is C72H86BN3. The maximum absolute atomic E-state index is 2.87. The summed E-state index contributed by atoms with van der Waals surface area (Å²) in [4.78, 5) is 8.24. The molecule has 0 spiro atoms. The van der Waals surface area contributed by atoms with E-state index in [2.05, 4.69) is 272 Å². The average Bonchev–Trinajstić information content (AvgIpc) is 3.75. The molecule has 0 aromatic heterocycles. The summed E-state index contributed by atoms with van der Waals surface area (Å²) >= 11 is 0. The van der Waals surface area contributed by atoms with Gasteiger partial charge < -0.3 is 14.7 Å². The molecule has 0 radical (unpaired) electrons. The highest BCUT2D eigenvalue weighted by Crippen LogP contribution is 2.61. The van der Waals surface area contributed by atoms with Crippen LogP contribution < -0.4 is 31.1 Å². The first-order chi connectivity index (χ1) is 35.6. The van der Waals surface area contributed by atoms with E-state index in [1.165, 1.54) is 138 Å². The summed E-state index contributed by atoms with van der Waals surface area (Å²) in [6.45, 7) is 40.6. The van der Waals surface area contributed by atoms with Gasteiger partial charge in [0.2, 0.25) is 0 Å². The summed E-state index contributed by atoms with van der Waals surface area (Å²) in [7, 11) is 0. The Balaban J connectivity index is 1.31. The van der Waals surface area contributed by atoms with Gasteiger partial charge in [0.25, 0.3) is 6.71 Å². The Kier molecular flexibility index (Phi) is 12.2. The molecule has 7 aromatic carbocycles. The number of rotatable bonds is 4. The molecule has 76 heavy (non-hydrogen) atoms. The predicted octanol–water partition coefficient (Wildman–Crippen LogP) is 18.4. The Morgan fingerprint density at radius 1 is 0.382 bits per heavy atom. The fourth-order valence-corrected chi connectivity index (χ4v) is 13.7. The minimum Gasteiger partial charge on any atom is -0.334 e. The Morgan fingerprint density at radius 3 is 1.49 bits per heavy atom. The second-order valence-electron chi connectivity index (χ2n) is 29.0. The predicted molar refractivity (Wildman–Crippen MR) is 331 cm³/mol. The molecule has 3 aliphatic heterocycles. The van der Waals surface area contributed by atoms with Crippen molar-refractivity contribution in [1.29, 1.82) is 0 Å². The summed E-state index contributed by atoms with van der Waals surface area (Å²) in [5.74, 6) is 0. The number of nitrogens with zero attached hydrogens (tertiary/aromatic N) is 3. The summed E-state index contributed by atoms with van der Waals surface area (Å²) in [6.07, 6.45) is 7.34. The van der Waals surface area contributed by atoms with Gasteiger partial charge in [-0.2, -0.15) is 0 Å². The van der Waals surface area contributed by atoms with Crippen molar-refractivity contribution in [1.82, 2.24) is 0 Å². The molecule has 0 saturated heterocycles. The van der Waals surface area contributed by atoms with Gasteiger partial charge in [0.05, 0.1) is 11.2 Å². The van der Waals surface area contributed by atoms with E-state index in [4.69, 9.17) is 0 Å². The Morgan fingerprint density at radius 2 is 0.882 bits per heavy atom. The Labute approximate surface area is 459 Å². The van der Waals surface area contributed by atoms with Crippen molar-refractivity contribution >= 4 is 68.6 Å². The molecule has 3 nitrogen and oxygen atoms in total. The zero-order valence-electron chi connectivity index (χ0n) is 49.4. The van der Waals surface area contributed by atoms with Gasteiger partial charge in [0.15, 0.2) is 0 Å². The molecular weight excluding hydrogens is 918 g/mol. The van der Waals surface area contributed by atoms with Crippen LogP contribution in [0.15, 0.2) is 140 Å². The number of hydrogen-bond donors (Lipinski definition) is 0.